The molecular weight excluding hydrogens is 446 g/mol. The summed E-state index contributed by atoms with van der Waals surface area (Å²) in [5.41, 5.74) is 0.878. The van der Waals surface area contributed by atoms with E-state index < -0.39 is 6.04 Å². The van der Waals surface area contributed by atoms with E-state index in [-0.39, 0.29) is 17.9 Å². The predicted molar refractivity (Wildman–Crippen MR) is 127 cm³/mol. The second-order valence-electron chi connectivity index (χ2n) is 8.88. The number of aromatic nitrogens is 2. The largest absolute Gasteiger partial charge is 0.367 e. The number of rotatable bonds is 9. The van der Waals surface area contributed by atoms with Crippen molar-refractivity contribution in [3.05, 3.63) is 39.6 Å². The smallest absolute Gasteiger partial charge is 0.263 e. The van der Waals surface area contributed by atoms with Crippen LogP contribution in [0, 0.1) is 5.92 Å². The number of nitrogens with one attached hydrogen (secondary N) is 2. The molecule has 1 atom stereocenters. The highest BCUT2D eigenvalue weighted by Crippen LogP contribution is 2.28. The Bertz CT molecular complexity index is 942. The van der Waals surface area contributed by atoms with Gasteiger partial charge in [0.25, 0.3) is 5.91 Å². The molecule has 2 fully saturated rings. The fraction of sp³-hybridized carbons (Fsp3) is 0.565. The number of amides is 2. The fourth-order valence-electron chi connectivity index (χ4n) is 4.14. The molecule has 2 aliphatic rings. The topological polar surface area (TPSA) is 87.2 Å². The lowest BCUT2D eigenvalue weighted by Crippen LogP contribution is -2.48. The van der Waals surface area contributed by atoms with E-state index in [0.717, 1.165) is 36.4 Å². The summed E-state index contributed by atoms with van der Waals surface area (Å²) >= 11 is 7.37. The molecule has 0 saturated heterocycles. The van der Waals surface area contributed by atoms with Gasteiger partial charge in [-0.15, -0.1) is 11.3 Å². The highest BCUT2D eigenvalue weighted by molar-refractivity contribution is 7.13. The van der Waals surface area contributed by atoms with Gasteiger partial charge in [0, 0.05) is 19.3 Å². The third-order valence-corrected chi connectivity index (χ3v) is 7.31. The summed E-state index contributed by atoms with van der Waals surface area (Å²) < 4.78 is 0. The molecule has 9 heteroatoms. The Morgan fingerprint density at radius 2 is 1.97 bits per heavy atom. The first kappa shape index (κ1) is 23.0. The van der Waals surface area contributed by atoms with Crippen molar-refractivity contribution >= 4 is 40.4 Å². The Kier molecular flexibility index (Phi) is 7.63. The van der Waals surface area contributed by atoms with Crippen LogP contribution in [0.15, 0.2) is 24.7 Å². The third kappa shape index (κ3) is 6.42. The van der Waals surface area contributed by atoms with E-state index in [0.29, 0.717) is 28.8 Å². The highest BCUT2D eigenvalue weighted by Gasteiger charge is 2.31. The molecule has 2 aromatic rings. The third-order valence-electron chi connectivity index (χ3n) is 6.12. The molecule has 2 aliphatic carbocycles. The van der Waals surface area contributed by atoms with Crippen molar-refractivity contribution in [2.45, 2.75) is 70.0 Å². The molecule has 172 valence electrons. The Morgan fingerprint density at radius 3 is 2.69 bits per heavy atom. The zero-order valence-corrected chi connectivity index (χ0v) is 19.9. The van der Waals surface area contributed by atoms with Crippen molar-refractivity contribution in [2.75, 3.05) is 11.9 Å². The SMILES string of the molecule is CN(Cc1ncc(C(=O)N[C@@H](CC2CCCCC2)C(=O)NC2CC2)s1)c1cncc(Cl)c1. The minimum atomic E-state index is -0.489. The minimum Gasteiger partial charge on any atom is -0.367 e. The Labute approximate surface area is 198 Å². The molecule has 0 bridgehead atoms. The van der Waals surface area contributed by atoms with Crippen LogP contribution in [0.25, 0.3) is 0 Å². The van der Waals surface area contributed by atoms with Crippen molar-refractivity contribution in [2.24, 2.45) is 5.92 Å². The van der Waals surface area contributed by atoms with Crippen LogP contribution >= 0.6 is 22.9 Å². The zero-order valence-electron chi connectivity index (χ0n) is 18.3. The number of anilines is 1. The maximum atomic E-state index is 13.0. The van der Waals surface area contributed by atoms with Gasteiger partial charge in [-0.1, -0.05) is 43.7 Å². The average molecular weight is 476 g/mol. The molecule has 0 radical (unpaired) electrons. The van der Waals surface area contributed by atoms with Gasteiger partial charge in [0.2, 0.25) is 5.91 Å². The van der Waals surface area contributed by atoms with Crippen LogP contribution in [0.3, 0.4) is 0 Å². The Morgan fingerprint density at radius 1 is 1.19 bits per heavy atom. The predicted octanol–water partition coefficient (Wildman–Crippen LogP) is 4.18. The number of hydrogen-bond donors (Lipinski definition) is 2. The molecule has 7 nitrogen and oxygen atoms in total. The second-order valence-corrected chi connectivity index (χ2v) is 10.4. The molecule has 0 unspecified atom stereocenters. The first-order valence-corrected chi connectivity index (χ1v) is 12.5. The monoisotopic (exact) mass is 475 g/mol. The number of carbonyl (C=O) groups excluding carboxylic acids is 2. The summed E-state index contributed by atoms with van der Waals surface area (Å²) in [5, 5.41) is 7.44. The molecule has 0 aromatic carbocycles. The van der Waals surface area contributed by atoms with Crippen LogP contribution in [-0.2, 0) is 11.3 Å². The molecule has 0 aliphatic heterocycles. The summed E-state index contributed by atoms with van der Waals surface area (Å²) in [7, 11) is 1.93. The molecule has 0 spiro atoms. The first-order chi connectivity index (χ1) is 15.5. The lowest BCUT2D eigenvalue weighted by molar-refractivity contribution is -0.123. The number of carbonyl (C=O) groups is 2. The number of thiazole rings is 1. The lowest BCUT2D eigenvalue weighted by Gasteiger charge is -2.26. The van der Waals surface area contributed by atoms with Crippen LogP contribution in [0.1, 0.15) is 66.0 Å². The van der Waals surface area contributed by atoms with Gasteiger partial charge < -0.3 is 15.5 Å². The number of pyridine rings is 1. The van der Waals surface area contributed by atoms with E-state index in [1.54, 1.807) is 18.6 Å². The van der Waals surface area contributed by atoms with E-state index >= 15 is 0 Å². The van der Waals surface area contributed by atoms with Gasteiger partial charge in [-0.25, -0.2) is 4.98 Å². The summed E-state index contributed by atoms with van der Waals surface area (Å²) in [6.45, 7) is 0.535. The average Bonchev–Trinajstić information content (AvgIpc) is 3.48. The maximum Gasteiger partial charge on any atom is 0.263 e. The minimum absolute atomic E-state index is 0.0515. The van der Waals surface area contributed by atoms with E-state index in [9.17, 15) is 9.59 Å². The van der Waals surface area contributed by atoms with Gasteiger partial charge in [-0.2, -0.15) is 0 Å². The van der Waals surface area contributed by atoms with E-state index in [1.165, 1.54) is 30.6 Å². The first-order valence-electron chi connectivity index (χ1n) is 11.4. The van der Waals surface area contributed by atoms with Gasteiger partial charge >= 0.3 is 0 Å². The molecule has 4 rings (SSSR count). The molecule has 2 amide bonds. The molecular formula is C23H30ClN5O2S. The van der Waals surface area contributed by atoms with Crippen LogP contribution in [-0.4, -0.2) is 40.9 Å². The number of nitrogens with zero attached hydrogens (tertiary/aromatic N) is 3. The molecule has 2 heterocycles. The quantitative estimate of drug-likeness (QED) is 0.568. The van der Waals surface area contributed by atoms with Crippen molar-refractivity contribution in [3.63, 3.8) is 0 Å². The molecule has 2 N–H and O–H groups in total. The van der Waals surface area contributed by atoms with Gasteiger partial charge in [-0.3, -0.25) is 14.6 Å². The molecule has 2 aromatic heterocycles. The standard InChI is InChI=1S/C23H30ClN5O2S/c1-29(18-10-16(24)11-25-12-18)14-21-26-13-20(32-21)23(31)28-19(22(30)27-17-7-8-17)9-15-5-3-2-4-6-15/h10-13,15,17,19H,2-9,14H2,1H3,(H,27,30)(H,28,31)/t19-/m0/s1. The summed E-state index contributed by atoms with van der Waals surface area (Å²) in [6.07, 6.45) is 13.7. The van der Waals surface area contributed by atoms with Crippen LogP contribution in [0.5, 0.6) is 0 Å². The fourth-order valence-corrected chi connectivity index (χ4v) is 5.18. The number of hydrogen-bond acceptors (Lipinski definition) is 6. The van der Waals surface area contributed by atoms with Crippen LogP contribution in [0.4, 0.5) is 5.69 Å². The second kappa shape index (κ2) is 10.6. The summed E-state index contributed by atoms with van der Waals surface area (Å²) in [4.78, 5) is 36.8. The van der Waals surface area contributed by atoms with Gasteiger partial charge in [0.15, 0.2) is 0 Å². The summed E-state index contributed by atoms with van der Waals surface area (Å²) in [6, 6.07) is 1.63. The summed E-state index contributed by atoms with van der Waals surface area (Å²) in [5.74, 6) is 0.216. The Hall–Kier alpha value is -2.19. The molecule has 32 heavy (non-hydrogen) atoms. The van der Waals surface area contributed by atoms with Crippen molar-refractivity contribution in [1.29, 1.82) is 0 Å². The van der Waals surface area contributed by atoms with E-state index in [1.807, 2.05) is 18.0 Å². The van der Waals surface area contributed by atoms with E-state index in [2.05, 4.69) is 20.6 Å². The van der Waals surface area contributed by atoms with Crippen molar-refractivity contribution in [3.8, 4) is 0 Å². The highest BCUT2D eigenvalue weighted by atomic mass is 35.5. The lowest BCUT2D eigenvalue weighted by atomic mass is 9.84. The van der Waals surface area contributed by atoms with Crippen molar-refractivity contribution < 1.29 is 9.59 Å². The molecule has 2 saturated carbocycles. The number of halogens is 1. The maximum absolute atomic E-state index is 13.0. The normalized spacial score (nSPS) is 17.6. The van der Waals surface area contributed by atoms with Gasteiger partial charge in [0.1, 0.15) is 15.9 Å². The van der Waals surface area contributed by atoms with Gasteiger partial charge in [-0.05, 0) is 31.2 Å². The Balaban J connectivity index is 1.38. The zero-order chi connectivity index (χ0) is 22.5. The van der Waals surface area contributed by atoms with Crippen LogP contribution in [0.2, 0.25) is 5.02 Å². The van der Waals surface area contributed by atoms with E-state index in [4.69, 9.17) is 11.6 Å². The van der Waals surface area contributed by atoms with Crippen molar-refractivity contribution in [1.82, 2.24) is 20.6 Å². The van der Waals surface area contributed by atoms with Crippen LogP contribution < -0.4 is 15.5 Å². The van der Waals surface area contributed by atoms with Gasteiger partial charge in [0.05, 0.1) is 29.6 Å².